The number of aromatic nitrogens is 1. The second-order valence-electron chi connectivity index (χ2n) is 4.66. The van der Waals surface area contributed by atoms with E-state index < -0.39 is 0 Å². The third kappa shape index (κ3) is 2.78. The molecule has 0 aliphatic carbocycles. The SMILES string of the molecule is N/C(=N\N=C\c1c(O)ccc2ccccc12)c1ccccn1. The van der Waals surface area contributed by atoms with Gasteiger partial charge in [-0.15, -0.1) is 5.10 Å². The van der Waals surface area contributed by atoms with Crippen molar-refractivity contribution in [2.45, 2.75) is 0 Å². The number of nitrogens with two attached hydrogens (primary N) is 1. The Morgan fingerprint density at radius 3 is 2.68 bits per heavy atom. The van der Waals surface area contributed by atoms with Crippen LogP contribution in [-0.2, 0) is 0 Å². The van der Waals surface area contributed by atoms with E-state index in [1.54, 1.807) is 24.4 Å². The molecule has 0 aliphatic rings. The number of benzene rings is 2. The van der Waals surface area contributed by atoms with E-state index in [1.165, 1.54) is 6.21 Å². The largest absolute Gasteiger partial charge is 0.507 e. The minimum absolute atomic E-state index is 0.147. The van der Waals surface area contributed by atoms with Crippen molar-refractivity contribution in [3.63, 3.8) is 0 Å². The molecule has 22 heavy (non-hydrogen) atoms. The molecule has 0 saturated carbocycles. The molecule has 5 heteroatoms. The van der Waals surface area contributed by atoms with Gasteiger partial charge >= 0.3 is 0 Å². The number of aromatic hydroxyl groups is 1. The normalized spacial score (nSPS) is 12.1. The third-order valence-electron chi connectivity index (χ3n) is 3.23. The molecule has 1 aromatic heterocycles. The molecular formula is C17H14N4O. The van der Waals surface area contributed by atoms with Crippen LogP contribution in [0.2, 0.25) is 0 Å². The number of amidine groups is 1. The number of pyridine rings is 1. The van der Waals surface area contributed by atoms with Gasteiger partial charge in [0.05, 0.1) is 6.21 Å². The minimum Gasteiger partial charge on any atom is -0.507 e. The second kappa shape index (κ2) is 6.05. The molecule has 3 rings (SSSR count). The highest BCUT2D eigenvalue weighted by atomic mass is 16.3. The van der Waals surface area contributed by atoms with Gasteiger partial charge in [-0.3, -0.25) is 4.98 Å². The lowest BCUT2D eigenvalue weighted by Gasteiger charge is -2.03. The molecule has 2 aromatic carbocycles. The number of rotatable bonds is 3. The van der Waals surface area contributed by atoms with Crippen molar-refractivity contribution in [1.29, 1.82) is 0 Å². The van der Waals surface area contributed by atoms with Gasteiger partial charge in [0.25, 0.3) is 0 Å². The summed E-state index contributed by atoms with van der Waals surface area (Å²) in [6.45, 7) is 0. The summed E-state index contributed by atoms with van der Waals surface area (Å²) in [6.07, 6.45) is 3.13. The van der Waals surface area contributed by atoms with Crippen LogP contribution in [-0.4, -0.2) is 22.1 Å². The highest BCUT2D eigenvalue weighted by molar-refractivity contribution is 6.02. The van der Waals surface area contributed by atoms with Gasteiger partial charge in [0.1, 0.15) is 11.4 Å². The van der Waals surface area contributed by atoms with Crippen LogP contribution in [0.15, 0.2) is 71.0 Å². The van der Waals surface area contributed by atoms with Gasteiger partial charge in [-0.1, -0.05) is 36.4 Å². The van der Waals surface area contributed by atoms with Crippen LogP contribution >= 0.6 is 0 Å². The average Bonchev–Trinajstić information content (AvgIpc) is 2.57. The summed E-state index contributed by atoms with van der Waals surface area (Å²) in [4.78, 5) is 4.09. The van der Waals surface area contributed by atoms with Gasteiger partial charge in [-0.25, -0.2) is 0 Å². The van der Waals surface area contributed by atoms with Crippen LogP contribution < -0.4 is 5.73 Å². The number of hydrogen-bond donors (Lipinski definition) is 2. The lowest BCUT2D eigenvalue weighted by Crippen LogP contribution is -2.14. The van der Waals surface area contributed by atoms with E-state index in [-0.39, 0.29) is 11.6 Å². The number of nitrogens with zero attached hydrogens (tertiary/aromatic N) is 3. The van der Waals surface area contributed by atoms with Crippen LogP contribution in [0.25, 0.3) is 10.8 Å². The minimum atomic E-state index is 0.147. The van der Waals surface area contributed by atoms with Gasteiger partial charge in [-0.2, -0.15) is 5.10 Å². The molecule has 0 spiro atoms. The zero-order valence-corrected chi connectivity index (χ0v) is 11.7. The molecule has 0 unspecified atom stereocenters. The maximum atomic E-state index is 10.0. The summed E-state index contributed by atoms with van der Waals surface area (Å²) in [5.41, 5.74) is 6.99. The molecule has 0 bridgehead atoms. The highest BCUT2D eigenvalue weighted by Crippen LogP contribution is 2.25. The molecule has 108 valence electrons. The molecule has 5 nitrogen and oxygen atoms in total. The number of phenolic OH excluding ortho intramolecular Hbond substituents is 1. The quantitative estimate of drug-likeness (QED) is 0.442. The van der Waals surface area contributed by atoms with Crippen molar-refractivity contribution in [2.75, 3.05) is 0 Å². The Kier molecular flexibility index (Phi) is 3.78. The van der Waals surface area contributed by atoms with E-state index in [9.17, 15) is 5.11 Å². The Labute approximate surface area is 127 Å². The van der Waals surface area contributed by atoms with E-state index in [4.69, 9.17) is 5.73 Å². The van der Waals surface area contributed by atoms with Gasteiger partial charge in [0, 0.05) is 11.8 Å². The molecule has 0 fully saturated rings. The fourth-order valence-electron chi connectivity index (χ4n) is 2.13. The first-order valence-electron chi connectivity index (χ1n) is 6.74. The van der Waals surface area contributed by atoms with Crippen molar-refractivity contribution < 1.29 is 5.11 Å². The number of fused-ring (bicyclic) bond motifs is 1. The fourth-order valence-corrected chi connectivity index (χ4v) is 2.13. The molecule has 0 aliphatic heterocycles. The topological polar surface area (TPSA) is 83.9 Å². The Balaban J connectivity index is 1.95. The van der Waals surface area contributed by atoms with E-state index in [0.717, 1.165) is 10.8 Å². The zero-order valence-electron chi connectivity index (χ0n) is 11.7. The van der Waals surface area contributed by atoms with Crippen molar-refractivity contribution >= 4 is 22.8 Å². The summed E-state index contributed by atoms with van der Waals surface area (Å²) in [6, 6.07) is 16.6. The van der Waals surface area contributed by atoms with Crippen molar-refractivity contribution in [3.05, 3.63) is 72.1 Å². The highest BCUT2D eigenvalue weighted by Gasteiger charge is 2.04. The van der Waals surface area contributed by atoms with Crippen LogP contribution in [0.5, 0.6) is 5.75 Å². The Bertz CT molecular complexity index is 857. The summed E-state index contributed by atoms with van der Waals surface area (Å²) in [5, 5.41) is 19.8. The maximum Gasteiger partial charge on any atom is 0.171 e. The van der Waals surface area contributed by atoms with Crippen molar-refractivity contribution in [2.24, 2.45) is 15.9 Å². The predicted octanol–water partition coefficient (Wildman–Crippen LogP) is 2.68. The number of hydrogen-bond acceptors (Lipinski definition) is 4. The van der Waals surface area contributed by atoms with E-state index in [1.807, 2.05) is 36.4 Å². The van der Waals surface area contributed by atoms with Gasteiger partial charge in [0.15, 0.2) is 5.84 Å². The summed E-state index contributed by atoms with van der Waals surface area (Å²) in [5.74, 6) is 0.366. The van der Waals surface area contributed by atoms with Crippen molar-refractivity contribution in [3.8, 4) is 5.75 Å². The molecule has 1 heterocycles. The molecule has 0 atom stereocenters. The molecule has 0 amide bonds. The zero-order chi connectivity index (χ0) is 15.4. The first-order chi connectivity index (χ1) is 10.8. The lowest BCUT2D eigenvalue weighted by molar-refractivity contribution is 0.475. The van der Waals surface area contributed by atoms with Crippen LogP contribution in [0.1, 0.15) is 11.3 Å². The molecule has 0 saturated heterocycles. The Morgan fingerprint density at radius 2 is 1.86 bits per heavy atom. The molecule has 3 aromatic rings. The van der Waals surface area contributed by atoms with E-state index in [2.05, 4.69) is 15.2 Å². The average molecular weight is 290 g/mol. The fraction of sp³-hybridized carbons (Fsp3) is 0. The van der Waals surface area contributed by atoms with Gasteiger partial charge < -0.3 is 10.8 Å². The maximum absolute atomic E-state index is 10.0. The predicted molar refractivity (Wildman–Crippen MR) is 88.2 cm³/mol. The standard InChI is InChI=1S/C17H14N4O/c18-17(15-7-3-4-10-19-15)21-20-11-14-13-6-2-1-5-12(13)8-9-16(14)22/h1-11,22H,(H2,18,21)/b20-11+. The van der Waals surface area contributed by atoms with Gasteiger partial charge in [-0.05, 0) is 29.0 Å². The smallest absolute Gasteiger partial charge is 0.171 e. The van der Waals surface area contributed by atoms with E-state index >= 15 is 0 Å². The monoisotopic (exact) mass is 290 g/mol. The molecule has 0 radical (unpaired) electrons. The Hall–Kier alpha value is -3.21. The van der Waals surface area contributed by atoms with Gasteiger partial charge in [0.2, 0.25) is 0 Å². The van der Waals surface area contributed by atoms with Crippen LogP contribution in [0.4, 0.5) is 0 Å². The lowest BCUT2D eigenvalue weighted by atomic mass is 10.0. The first-order valence-corrected chi connectivity index (χ1v) is 6.74. The van der Waals surface area contributed by atoms with Crippen LogP contribution in [0.3, 0.4) is 0 Å². The molecular weight excluding hydrogens is 276 g/mol. The summed E-state index contributed by atoms with van der Waals surface area (Å²) >= 11 is 0. The third-order valence-corrected chi connectivity index (χ3v) is 3.23. The van der Waals surface area contributed by atoms with Crippen molar-refractivity contribution in [1.82, 2.24) is 4.98 Å². The summed E-state index contributed by atoms with van der Waals surface area (Å²) < 4.78 is 0. The molecule has 3 N–H and O–H groups in total. The van der Waals surface area contributed by atoms with E-state index in [0.29, 0.717) is 11.3 Å². The summed E-state index contributed by atoms with van der Waals surface area (Å²) in [7, 11) is 0. The first kappa shape index (κ1) is 13.8. The Morgan fingerprint density at radius 1 is 1.05 bits per heavy atom. The van der Waals surface area contributed by atoms with Crippen LogP contribution in [0, 0.1) is 0 Å². The number of phenols is 1. The second-order valence-corrected chi connectivity index (χ2v) is 4.66.